The van der Waals surface area contributed by atoms with Crippen LogP contribution in [0.5, 0.6) is 0 Å². The normalized spacial score (nSPS) is 23.1. The van der Waals surface area contributed by atoms with E-state index in [4.69, 9.17) is 9.47 Å². The zero-order chi connectivity index (χ0) is 16.9. The Bertz CT molecular complexity index is 571. The summed E-state index contributed by atoms with van der Waals surface area (Å²) in [7, 11) is 0. The van der Waals surface area contributed by atoms with Crippen molar-refractivity contribution in [2.45, 2.75) is 19.4 Å². The molecule has 1 aromatic heterocycles. The third kappa shape index (κ3) is 4.00. The van der Waals surface area contributed by atoms with Crippen LogP contribution in [-0.4, -0.2) is 66.9 Å². The van der Waals surface area contributed by atoms with Gasteiger partial charge < -0.3 is 14.8 Å². The summed E-state index contributed by atoms with van der Waals surface area (Å²) in [6.07, 6.45) is 2.37. The van der Waals surface area contributed by atoms with Gasteiger partial charge in [0.1, 0.15) is 12.0 Å². The van der Waals surface area contributed by atoms with Crippen molar-refractivity contribution < 1.29 is 14.4 Å². The number of morpholine rings is 1. The Balaban J connectivity index is 1.67. The zero-order valence-corrected chi connectivity index (χ0v) is 13.9. The molecule has 8 nitrogen and oxygen atoms in total. The number of pyridine rings is 1. The van der Waals surface area contributed by atoms with Crippen molar-refractivity contribution >= 4 is 11.5 Å². The van der Waals surface area contributed by atoms with E-state index in [0.29, 0.717) is 17.8 Å². The van der Waals surface area contributed by atoms with E-state index in [2.05, 4.69) is 15.2 Å². The minimum Gasteiger partial charge on any atom is -0.381 e. The van der Waals surface area contributed by atoms with Gasteiger partial charge in [-0.3, -0.25) is 15.0 Å². The van der Waals surface area contributed by atoms with E-state index in [9.17, 15) is 10.1 Å². The molecule has 0 radical (unpaired) electrons. The predicted octanol–water partition coefficient (Wildman–Crippen LogP) is 1.45. The maximum absolute atomic E-state index is 10.8. The highest BCUT2D eigenvalue weighted by Crippen LogP contribution is 2.24. The first-order valence-electron chi connectivity index (χ1n) is 8.39. The van der Waals surface area contributed by atoms with E-state index in [1.165, 1.54) is 6.20 Å². The third-order valence-corrected chi connectivity index (χ3v) is 4.78. The fourth-order valence-corrected chi connectivity index (χ4v) is 3.41. The van der Waals surface area contributed by atoms with Gasteiger partial charge in [0.25, 0.3) is 5.69 Å². The van der Waals surface area contributed by atoms with Crippen molar-refractivity contribution in [2.24, 2.45) is 5.92 Å². The molecule has 1 N–H and O–H groups in total. The average Bonchev–Trinajstić information content (AvgIpc) is 3.11. The number of hydrogen-bond donors (Lipinski definition) is 1. The highest BCUT2D eigenvalue weighted by molar-refractivity contribution is 5.48. The van der Waals surface area contributed by atoms with Gasteiger partial charge in [-0.15, -0.1) is 0 Å². The number of anilines is 1. The fraction of sp³-hybridized carbons (Fsp3) is 0.688. The molecule has 0 aliphatic carbocycles. The number of aryl methyl sites for hydroxylation is 1. The minimum atomic E-state index is -0.420. The van der Waals surface area contributed by atoms with Crippen LogP contribution in [0.4, 0.5) is 11.5 Å². The van der Waals surface area contributed by atoms with Crippen molar-refractivity contribution in [3.05, 3.63) is 27.9 Å². The Labute approximate surface area is 141 Å². The van der Waals surface area contributed by atoms with Gasteiger partial charge in [0.2, 0.25) is 0 Å². The van der Waals surface area contributed by atoms with Crippen LogP contribution in [0.3, 0.4) is 0 Å². The molecule has 1 aromatic rings. The molecule has 2 atom stereocenters. The van der Waals surface area contributed by atoms with Gasteiger partial charge in [-0.2, -0.15) is 0 Å². The van der Waals surface area contributed by atoms with Crippen molar-refractivity contribution in [2.75, 3.05) is 51.4 Å². The monoisotopic (exact) mass is 336 g/mol. The number of nitrogens with zero attached hydrogens (tertiary/aromatic N) is 3. The second-order valence-corrected chi connectivity index (χ2v) is 6.34. The van der Waals surface area contributed by atoms with E-state index < -0.39 is 4.92 Å². The van der Waals surface area contributed by atoms with E-state index >= 15 is 0 Å². The quantitative estimate of drug-likeness (QED) is 0.621. The third-order valence-electron chi connectivity index (χ3n) is 4.78. The summed E-state index contributed by atoms with van der Waals surface area (Å²) >= 11 is 0. The smallest absolute Gasteiger partial charge is 0.287 e. The molecule has 0 amide bonds. The molecule has 2 aliphatic rings. The van der Waals surface area contributed by atoms with Crippen LogP contribution in [0.1, 0.15) is 12.0 Å². The molecule has 0 saturated carbocycles. The lowest BCUT2D eigenvalue weighted by atomic mass is 9.97. The van der Waals surface area contributed by atoms with Crippen molar-refractivity contribution in [1.82, 2.24) is 9.88 Å². The van der Waals surface area contributed by atoms with Gasteiger partial charge in [-0.25, -0.2) is 4.98 Å². The lowest BCUT2D eigenvalue weighted by Crippen LogP contribution is -2.50. The standard InChI is InChI=1S/C16H24N4O4/c1-12-8-14(20(21)22)9-17-16(12)18-10-15(13-2-5-24-11-13)19-3-6-23-7-4-19/h8-9,13,15H,2-7,10-11H2,1H3,(H,17,18)/t13-,15+/m1/s1. The molecule has 8 heteroatoms. The average molecular weight is 336 g/mol. The Morgan fingerprint density at radius 1 is 1.42 bits per heavy atom. The van der Waals surface area contributed by atoms with Gasteiger partial charge >= 0.3 is 0 Å². The molecule has 132 valence electrons. The maximum Gasteiger partial charge on any atom is 0.287 e. The SMILES string of the molecule is Cc1cc([N+](=O)[O-])cnc1NC[C@@H]([C@@H]1CCOC1)N1CCOCC1. The molecule has 3 rings (SSSR count). The van der Waals surface area contributed by atoms with Crippen LogP contribution in [0.2, 0.25) is 0 Å². The zero-order valence-electron chi connectivity index (χ0n) is 13.9. The van der Waals surface area contributed by atoms with Gasteiger partial charge in [-0.05, 0) is 18.9 Å². The van der Waals surface area contributed by atoms with Crippen LogP contribution < -0.4 is 5.32 Å². The molecular formula is C16H24N4O4. The molecule has 0 aromatic carbocycles. The Kier molecular flexibility index (Phi) is 5.60. The molecule has 0 bridgehead atoms. The summed E-state index contributed by atoms with van der Waals surface area (Å²) in [5.41, 5.74) is 0.805. The van der Waals surface area contributed by atoms with Gasteiger partial charge in [-0.1, -0.05) is 0 Å². The van der Waals surface area contributed by atoms with Gasteiger partial charge in [0, 0.05) is 44.3 Å². The van der Waals surface area contributed by atoms with Crippen LogP contribution >= 0.6 is 0 Å². The molecule has 3 heterocycles. The highest BCUT2D eigenvalue weighted by Gasteiger charge is 2.31. The first-order valence-corrected chi connectivity index (χ1v) is 8.39. The Morgan fingerprint density at radius 3 is 2.83 bits per heavy atom. The fourth-order valence-electron chi connectivity index (χ4n) is 3.41. The number of nitrogens with one attached hydrogen (secondary N) is 1. The van der Waals surface area contributed by atoms with Crippen LogP contribution in [-0.2, 0) is 9.47 Å². The molecule has 0 spiro atoms. The summed E-state index contributed by atoms with van der Waals surface area (Å²) in [5, 5.41) is 14.2. The van der Waals surface area contributed by atoms with Crippen LogP contribution in [0.15, 0.2) is 12.3 Å². The molecular weight excluding hydrogens is 312 g/mol. The first kappa shape index (κ1) is 17.1. The summed E-state index contributed by atoms with van der Waals surface area (Å²) < 4.78 is 11.0. The lowest BCUT2D eigenvalue weighted by Gasteiger charge is -2.37. The number of nitro groups is 1. The lowest BCUT2D eigenvalue weighted by molar-refractivity contribution is -0.385. The summed E-state index contributed by atoms with van der Waals surface area (Å²) in [6, 6.07) is 1.91. The van der Waals surface area contributed by atoms with E-state index in [0.717, 1.165) is 58.0 Å². The molecule has 2 saturated heterocycles. The largest absolute Gasteiger partial charge is 0.381 e. The number of ether oxygens (including phenoxy) is 2. The maximum atomic E-state index is 10.8. The number of rotatable bonds is 6. The second-order valence-electron chi connectivity index (χ2n) is 6.34. The Morgan fingerprint density at radius 2 is 2.21 bits per heavy atom. The van der Waals surface area contributed by atoms with E-state index in [1.54, 1.807) is 6.07 Å². The first-order chi connectivity index (χ1) is 11.6. The topological polar surface area (TPSA) is 89.8 Å². The van der Waals surface area contributed by atoms with Crippen molar-refractivity contribution in [1.29, 1.82) is 0 Å². The predicted molar refractivity (Wildman–Crippen MR) is 89.2 cm³/mol. The molecule has 2 fully saturated rings. The van der Waals surface area contributed by atoms with Crippen LogP contribution in [0, 0.1) is 23.0 Å². The highest BCUT2D eigenvalue weighted by atomic mass is 16.6. The van der Waals surface area contributed by atoms with Crippen LogP contribution in [0.25, 0.3) is 0 Å². The van der Waals surface area contributed by atoms with Crippen molar-refractivity contribution in [3.8, 4) is 0 Å². The van der Waals surface area contributed by atoms with Crippen molar-refractivity contribution in [3.63, 3.8) is 0 Å². The second kappa shape index (κ2) is 7.87. The molecule has 0 unspecified atom stereocenters. The summed E-state index contributed by atoms with van der Waals surface area (Å²) in [4.78, 5) is 17.1. The van der Waals surface area contributed by atoms with E-state index in [1.807, 2.05) is 6.92 Å². The minimum absolute atomic E-state index is 0.0203. The van der Waals surface area contributed by atoms with Gasteiger partial charge in [0.05, 0.1) is 24.7 Å². The molecule has 2 aliphatic heterocycles. The van der Waals surface area contributed by atoms with Gasteiger partial charge in [0.15, 0.2) is 0 Å². The summed E-state index contributed by atoms with van der Waals surface area (Å²) in [6.45, 7) is 7.57. The number of hydrogen-bond acceptors (Lipinski definition) is 7. The molecule has 24 heavy (non-hydrogen) atoms. The summed E-state index contributed by atoms with van der Waals surface area (Å²) in [5.74, 6) is 1.20. The number of aromatic nitrogens is 1. The van der Waals surface area contributed by atoms with E-state index in [-0.39, 0.29) is 5.69 Å². The Hall–Kier alpha value is -1.77.